The van der Waals surface area contributed by atoms with Crippen LogP contribution in [0.3, 0.4) is 0 Å². The molecule has 0 saturated carbocycles. The first-order chi connectivity index (χ1) is 10.3. The highest BCUT2D eigenvalue weighted by atomic mass is 19.4. The van der Waals surface area contributed by atoms with Gasteiger partial charge in [-0.3, -0.25) is 0 Å². The fourth-order valence-electron chi connectivity index (χ4n) is 2.12. The molecule has 0 atom stereocenters. The maximum Gasteiger partial charge on any atom is 0.418 e. The van der Waals surface area contributed by atoms with Gasteiger partial charge in [0.25, 0.3) is 0 Å². The molecule has 22 heavy (non-hydrogen) atoms. The lowest BCUT2D eigenvalue weighted by molar-refractivity contribution is -0.136. The fraction of sp³-hybridized carbons (Fsp3) is 0.188. The Bertz CT molecular complexity index is 676. The first-order valence-corrected chi connectivity index (χ1v) is 6.59. The van der Waals surface area contributed by atoms with Crippen LogP contribution < -0.4 is 10.6 Å². The number of nitrogens with one attached hydrogen (secondary N) is 2. The van der Waals surface area contributed by atoms with Gasteiger partial charge in [-0.15, -0.1) is 0 Å². The van der Waals surface area contributed by atoms with Crippen LogP contribution in [0, 0.1) is 13.8 Å². The number of urea groups is 1. The second kappa shape index (κ2) is 6.09. The number of carbonyl (C=O) groups excluding carboxylic acids is 1. The molecular weight excluding hydrogens is 293 g/mol. The van der Waals surface area contributed by atoms with Crippen LogP contribution in [0.4, 0.5) is 29.3 Å². The molecule has 0 aliphatic heterocycles. The van der Waals surface area contributed by atoms with Crippen molar-refractivity contribution in [1.82, 2.24) is 0 Å². The van der Waals surface area contributed by atoms with Crippen molar-refractivity contribution < 1.29 is 18.0 Å². The smallest absolute Gasteiger partial charge is 0.307 e. The third kappa shape index (κ3) is 3.58. The topological polar surface area (TPSA) is 41.1 Å². The summed E-state index contributed by atoms with van der Waals surface area (Å²) in [6.07, 6.45) is -4.53. The van der Waals surface area contributed by atoms with Crippen molar-refractivity contribution in [2.24, 2.45) is 0 Å². The Morgan fingerprint density at radius 1 is 0.909 bits per heavy atom. The molecule has 0 aliphatic rings. The highest BCUT2D eigenvalue weighted by molar-refractivity contribution is 6.01. The number of amides is 2. The van der Waals surface area contributed by atoms with E-state index in [9.17, 15) is 18.0 Å². The Labute approximate surface area is 126 Å². The van der Waals surface area contributed by atoms with E-state index in [0.717, 1.165) is 17.2 Å². The lowest BCUT2D eigenvalue weighted by Gasteiger charge is -2.15. The number of aryl methyl sites for hydroxylation is 2. The SMILES string of the molecule is Cc1cccc(C)c1NC(=O)Nc1ccccc1C(F)(F)F. The molecule has 0 radical (unpaired) electrons. The number of rotatable bonds is 2. The molecule has 2 N–H and O–H groups in total. The Balaban J connectivity index is 2.20. The van der Waals surface area contributed by atoms with Gasteiger partial charge in [0.2, 0.25) is 0 Å². The van der Waals surface area contributed by atoms with Crippen molar-refractivity contribution in [3.8, 4) is 0 Å². The molecule has 116 valence electrons. The first-order valence-electron chi connectivity index (χ1n) is 6.59. The number of para-hydroxylation sites is 2. The summed E-state index contributed by atoms with van der Waals surface area (Å²) in [6.45, 7) is 3.62. The van der Waals surface area contributed by atoms with Gasteiger partial charge in [0.05, 0.1) is 11.3 Å². The maximum atomic E-state index is 12.9. The predicted octanol–water partition coefficient (Wildman–Crippen LogP) is 4.97. The monoisotopic (exact) mass is 308 g/mol. The van der Waals surface area contributed by atoms with Gasteiger partial charge < -0.3 is 10.6 Å². The van der Waals surface area contributed by atoms with E-state index in [1.54, 1.807) is 0 Å². The zero-order valence-electron chi connectivity index (χ0n) is 12.1. The van der Waals surface area contributed by atoms with Gasteiger partial charge in [0.15, 0.2) is 0 Å². The van der Waals surface area contributed by atoms with E-state index in [-0.39, 0.29) is 5.69 Å². The molecular formula is C16H15F3N2O. The summed E-state index contributed by atoms with van der Waals surface area (Å²) in [5.41, 5.74) is 1.09. The highest BCUT2D eigenvalue weighted by Gasteiger charge is 2.33. The second-order valence-electron chi connectivity index (χ2n) is 4.89. The maximum absolute atomic E-state index is 12.9. The third-order valence-corrected chi connectivity index (χ3v) is 3.20. The Morgan fingerprint density at radius 3 is 2.09 bits per heavy atom. The Kier molecular flexibility index (Phi) is 4.40. The summed E-state index contributed by atoms with van der Waals surface area (Å²) in [6, 6.07) is 9.60. The van der Waals surface area contributed by atoms with Gasteiger partial charge >= 0.3 is 12.2 Å². The quantitative estimate of drug-likeness (QED) is 0.808. The van der Waals surface area contributed by atoms with Crippen molar-refractivity contribution >= 4 is 17.4 Å². The number of anilines is 2. The van der Waals surface area contributed by atoms with Crippen molar-refractivity contribution in [3.05, 3.63) is 59.2 Å². The minimum atomic E-state index is -4.53. The zero-order chi connectivity index (χ0) is 16.3. The molecule has 2 rings (SSSR count). The number of halogens is 3. The third-order valence-electron chi connectivity index (χ3n) is 3.20. The number of hydrogen-bond donors (Lipinski definition) is 2. The number of carbonyl (C=O) groups is 1. The van der Waals surface area contributed by atoms with Gasteiger partial charge in [-0.1, -0.05) is 30.3 Å². The second-order valence-corrected chi connectivity index (χ2v) is 4.89. The van der Waals surface area contributed by atoms with Crippen molar-refractivity contribution in [1.29, 1.82) is 0 Å². The van der Waals surface area contributed by atoms with Crippen LogP contribution in [-0.2, 0) is 6.18 Å². The zero-order valence-corrected chi connectivity index (χ0v) is 12.1. The van der Waals surface area contributed by atoms with Gasteiger partial charge in [-0.05, 0) is 37.1 Å². The average molecular weight is 308 g/mol. The van der Waals surface area contributed by atoms with E-state index < -0.39 is 17.8 Å². The van der Waals surface area contributed by atoms with E-state index >= 15 is 0 Å². The van der Waals surface area contributed by atoms with E-state index in [1.807, 2.05) is 32.0 Å². The van der Waals surface area contributed by atoms with Crippen LogP contribution >= 0.6 is 0 Å². The van der Waals surface area contributed by atoms with Crippen molar-refractivity contribution in [3.63, 3.8) is 0 Å². The van der Waals surface area contributed by atoms with Crippen LogP contribution in [0.5, 0.6) is 0 Å². The van der Waals surface area contributed by atoms with Gasteiger partial charge in [0, 0.05) is 5.69 Å². The molecule has 2 amide bonds. The minimum absolute atomic E-state index is 0.279. The summed E-state index contributed by atoms with van der Waals surface area (Å²) in [7, 11) is 0. The summed E-state index contributed by atoms with van der Waals surface area (Å²) >= 11 is 0. The summed E-state index contributed by atoms with van der Waals surface area (Å²) in [5.74, 6) is 0. The first kappa shape index (κ1) is 15.9. The standard InChI is InChI=1S/C16H15F3N2O/c1-10-6-5-7-11(2)14(10)21-15(22)20-13-9-4-3-8-12(13)16(17,18)19/h3-9H,1-2H3,(H2,20,21,22). The lowest BCUT2D eigenvalue weighted by atomic mass is 10.1. The molecule has 0 aromatic heterocycles. The van der Waals surface area contributed by atoms with Crippen molar-refractivity contribution in [2.75, 3.05) is 10.6 Å². The summed E-state index contributed by atoms with van der Waals surface area (Å²) in [4.78, 5) is 12.0. The lowest BCUT2D eigenvalue weighted by Crippen LogP contribution is -2.22. The van der Waals surface area contributed by atoms with Crippen LogP contribution in [0.15, 0.2) is 42.5 Å². The largest absolute Gasteiger partial charge is 0.418 e. The average Bonchev–Trinajstić information content (AvgIpc) is 2.42. The fourth-order valence-corrected chi connectivity index (χ4v) is 2.12. The van der Waals surface area contributed by atoms with E-state index in [2.05, 4.69) is 10.6 Å². The van der Waals surface area contributed by atoms with E-state index in [1.165, 1.54) is 18.2 Å². The Hall–Kier alpha value is -2.50. The molecule has 0 unspecified atom stereocenters. The molecule has 0 saturated heterocycles. The summed E-state index contributed by atoms with van der Waals surface area (Å²) < 4.78 is 38.6. The molecule has 2 aromatic rings. The normalized spacial score (nSPS) is 11.1. The predicted molar refractivity (Wildman–Crippen MR) is 80.0 cm³/mol. The molecule has 0 heterocycles. The molecule has 6 heteroatoms. The molecule has 0 bridgehead atoms. The van der Waals surface area contributed by atoms with Gasteiger partial charge in [-0.25, -0.2) is 4.79 Å². The molecule has 2 aromatic carbocycles. The number of hydrogen-bond acceptors (Lipinski definition) is 1. The molecule has 0 aliphatic carbocycles. The van der Waals surface area contributed by atoms with Crippen LogP contribution in [0.2, 0.25) is 0 Å². The molecule has 3 nitrogen and oxygen atoms in total. The highest BCUT2D eigenvalue weighted by Crippen LogP contribution is 2.34. The van der Waals surface area contributed by atoms with Crippen LogP contribution in [-0.4, -0.2) is 6.03 Å². The van der Waals surface area contributed by atoms with Crippen molar-refractivity contribution in [2.45, 2.75) is 20.0 Å². The summed E-state index contributed by atoms with van der Waals surface area (Å²) in [5, 5.41) is 4.84. The molecule has 0 spiro atoms. The van der Waals surface area contributed by atoms with Crippen LogP contribution in [0.25, 0.3) is 0 Å². The number of benzene rings is 2. The van der Waals surface area contributed by atoms with Gasteiger partial charge in [0.1, 0.15) is 0 Å². The minimum Gasteiger partial charge on any atom is -0.307 e. The van der Waals surface area contributed by atoms with E-state index in [0.29, 0.717) is 5.69 Å². The Morgan fingerprint density at radius 2 is 1.50 bits per heavy atom. The number of alkyl halides is 3. The van der Waals surface area contributed by atoms with E-state index in [4.69, 9.17) is 0 Å². The van der Waals surface area contributed by atoms with Gasteiger partial charge in [-0.2, -0.15) is 13.2 Å². The van der Waals surface area contributed by atoms with Crippen LogP contribution in [0.1, 0.15) is 16.7 Å². The molecule has 0 fully saturated rings.